The second-order valence-electron chi connectivity index (χ2n) is 9.17. The zero-order chi connectivity index (χ0) is 22.7. The summed E-state index contributed by atoms with van der Waals surface area (Å²) in [4.78, 5) is 15.3. The zero-order valence-corrected chi connectivity index (χ0v) is 19.7. The normalized spacial score (nSPS) is 25.7. The highest BCUT2D eigenvalue weighted by Gasteiger charge is 2.48. The number of phenolic OH excluding ortho intramolecular Hbond substituents is 1. The molecule has 0 aromatic heterocycles. The van der Waals surface area contributed by atoms with Gasteiger partial charge in [-0.25, -0.2) is 0 Å². The summed E-state index contributed by atoms with van der Waals surface area (Å²) in [5.41, 5.74) is 1.99. The van der Waals surface area contributed by atoms with Crippen LogP contribution in [-0.2, 0) is 16.6 Å². The number of aromatic hydroxyl groups is 1. The number of nitrogens with zero attached hydrogens (tertiary/aromatic N) is 1. The van der Waals surface area contributed by atoms with Gasteiger partial charge in [-0.1, -0.05) is 47.5 Å². The first-order chi connectivity index (χ1) is 15.4. The molecule has 4 rings (SSSR count). The fourth-order valence-corrected chi connectivity index (χ4v) is 5.94. The van der Waals surface area contributed by atoms with Crippen LogP contribution in [0.1, 0.15) is 36.8 Å². The van der Waals surface area contributed by atoms with Gasteiger partial charge in [-0.2, -0.15) is 0 Å². The number of amides is 1. The number of nitrogens with one attached hydrogen (secondary N) is 1. The van der Waals surface area contributed by atoms with Crippen LogP contribution < -0.4 is 5.32 Å². The molecule has 170 valence electrons. The number of piperidine rings is 1. The van der Waals surface area contributed by atoms with Gasteiger partial charge in [0.25, 0.3) is 0 Å². The maximum Gasteiger partial charge on any atom is 0.224 e. The van der Waals surface area contributed by atoms with E-state index in [4.69, 9.17) is 23.2 Å². The van der Waals surface area contributed by atoms with Crippen molar-refractivity contribution < 1.29 is 9.90 Å². The van der Waals surface area contributed by atoms with Crippen LogP contribution in [0.4, 0.5) is 0 Å². The minimum Gasteiger partial charge on any atom is -0.508 e. The van der Waals surface area contributed by atoms with Crippen LogP contribution in [0.15, 0.2) is 55.1 Å². The molecule has 1 aliphatic carbocycles. The van der Waals surface area contributed by atoms with Crippen LogP contribution >= 0.6 is 23.2 Å². The highest BCUT2D eigenvalue weighted by atomic mass is 35.5. The Kier molecular flexibility index (Phi) is 7.14. The van der Waals surface area contributed by atoms with Gasteiger partial charge >= 0.3 is 0 Å². The van der Waals surface area contributed by atoms with E-state index in [9.17, 15) is 9.90 Å². The second-order valence-corrected chi connectivity index (χ2v) is 9.99. The first kappa shape index (κ1) is 23.2. The van der Waals surface area contributed by atoms with Gasteiger partial charge in [-0.3, -0.25) is 9.69 Å². The lowest BCUT2D eigenvalue weighted by Gasteiger charge is -2.53. The minimum absolute atomic E-state index is 0.00184. The Bertz CT molecular complexity index is 996. The zero-order valence-electron chi connectivity index (χ0n) is 18.2. The summed E-state index contributed by atoms with van der Waals surface area (Å²) >= 11 is 12.1. The third-order valence-corrected chi connectivity index (χ3v) is 7.87. The Morgan fingerprint density at radius 3 is 2.81 bits per heavy atom. The number of benzene rings is 2. The first-order valence-corrected chi connectivity index (χ1v) is 12.0. The van der Waals surface area contributed by atoms with Gasteiger partial charge in [0.15, 0.2) is 0 Å². The standard InChI is InChI=1S/C26H30Cl2N2O2/c1-2-11-30-12-10-26(19-4-3-5-22(31)15-19)16-21(8-7-20(26)17-30)29-25(32)14-18-6-9-23(27)24(28)13-18/h2-6,9,13,15,20-21,31H,1,7-8,10-12,14,16-17H2,(H,29,32)/t20-,21+,26+/m1/s1. The van der Waals surface area contributed by atoms with Crippen molar-refractivity contribution in [3.63, 3.8) is 0 Å². The highest BCUT2D eigenvalue weighted by molar-refractivity contribution is 6.42. The van der Waals surface area contributed by atoms with Gasteiger partial charge in [-0.05, 0) is 73.5 Å². The molecular formula is C26H30Cl2N2O2. The van der Waals surface area contributed by atoms with E-state index in [-0.39, 0.29) is 23.8 Å². The van der Waals surface area contributed by atoms with Crippen LogP contribution in [0, 0.1) is 5.92 Å². The molecule has 2 fully saturated rings. The first-order valence-electron chi connectivity index (χ1n) is 11.3. The molecule has 1 amide bonds. The van der Waals surface area contributed by atoms with Crippen molar-refractivity contribution in [2.24, 2.45) is 5.92 Å². The lowest BCUT2D eigenvalue weighted by atomic mass is 9.58. The Labute approximate surface area is 200 Å². The quantitative estimate of drug-likeness (QED) is 0.556. The molecule has 0 spiro atoms. The summed E-state index contributed by atoms with van der Waals surface area (Å²) < 4.78 is 0. The van der Waals surface area contributed by atoms with E-state index >= 15 is 0 Å². The van der Waals surface area contributed by atoms with Crippen molar-refractivity contribution in [2.45, 2.75) is 43.6 Å². The molecule has 4 nitrogen and oxygen atoms in total. The van der Waals surface area contributed by atoms with E-state index in [0.717, 1.165) is 50.9 Å². The van der Waals surface area contributed by atoms with Crippen molar-refractivity contribution in [2.75, 3.05) is 19.6 Å². The number of phenols is 1. The van der Waals surface area contributed by atoms with Gasteiger partial charge < -0.3 is 10.4 Å². The van der Waals surface area contributed by atoms with E-state index < -0.39 is 0 Å². The average molecular weight is 473 g/mol. The Morgan fingerprint density at radius 1 is 1.22 bits per heavy atom. The van der Waals surface area contributed by atoms with Crippen LogP contribution in [0.3, 0.4) is 0 Å². The molecule has 2 aliphatic rings. The number of hydrogen-bond acceptors (Lipinski definition) is 3. The maximum atomic E-state index is 12.8. The highest BCUT2D eigenvalue weighted by Crippen LogP contribution is 2.49. The molecule has 1 saturated heterocycles. The van der Waals surface area contributed by atoms with Crippen LogP contribution in [0.2, 0.25) is 10.0 Å². The van der Waals surface area contributed by atoms with Gasteiger partial charge in [-0.15, -0.1) is 6.58 Å². The minimum atomic E-state index is -0.0454. The number of rotatable bonds is 6. The third-order valence-electron chi connectivity index (χ3n) is 7.13. The van der Waals surface area contributed by atoms with Crippen LogP contribution in [0.25, 0.3) is 0 Å². The smallest absolute Gasteiger partial charge is 0.224 e. The fraction of sp³-hybridized carbons (Fsp3) is 0.423. The lowest BCUT2D eigenvalue weighted by Crippen LogP contribution is -2.56. The number of carbonyl (C=O) groups is 1. The van der Waals surface area contributed by atoms with Crippen LogP contribution in [0.5, 0.6) is 5.75 Å². The molecule has 2 aromatic carbocycles. The topological polar surface area (TPSA) is 52.6 Å². The lowest BCUT2D eigenvalue weighted by molar-refractivity contribution is -0.121. The number of carbonyl (C=O) groups excluding carboxylic acids is 1. The third kappa shape index (κ3) is 4.98. The molecule has 1 heterocycles. The molecule has 6 heteroatoms. The molecule has 2 N–H and O–H groups in total. The molecule has 3 atom stereocenters. The second kappa shape index (κ2) is 9.86. The van der Waals surface area contributed by atoms with Crippen molar-refractivity contribution in [3.8, 4) is 5.75 Å². The SMILES string of the molecule is C=CCN1CC[C@@]2(c3cccc(O)c3)C[C@@H](NC(=O)Cc3ccc(Cl)c(Cl)c3)CC[C@@H]2C1. The summed E-state index contributed by atoms with van der Waals surface area (Å²) in [5, 5.41) is 14.4. The van der Waals surface area contributed by atoms with E-state index in [1.807, 2.05) is 24.3 Å². The van der Waals surface area contributed by atoms with Crippen molar-refractivity contribution in [3.05, 3.63) is 76.3 Å². The largest absolute Gasteiger partial charge is 0.508 e. The molecule has 0 bridgehead atoms. The molecule has 2 aromatic rings. The predicted octanol–water partition coefficient (Wildman–Crippen LogP) is 5.36. The molecule has 1 saturated carbocycles. The van der Waals surface area contributed by atoms with Crippen LogP contribution in [-0.4, -0.2) is 41.6 Å². The Hall–Kier alpha value is -2.01. The van der Waals surface area contributed by atoms with Gasteiger partial charge in [0, 0.05) is 24.5 Å². The Balaban J connectivity index is 1.50. The molecule has 1 aliphatic heterocycles. The van der Waals surface area contributed by atoms with Crippen molar-refractivity contribution in [1.82, 2.24) is 10.2 Å². The van der Waals surface area contributed by atoms with E-state index in [0.29, 0.717) is 21.7 Å². The monoisotopic (exact) mass is 472 g/mol. The van der Waals surface area contributed by atoms with Crippen molar-refractivity contribution in [1.29, 1.82) is 0 Å². The summed E-state index contributed by atoms with van der Waals surface area (Å²) in [5.74, 6) is 0.790. The summed E-state index contributed by atoms with van der Waals surface area (Å²) in [6.07, 6.45) is 6.14. The van der Waals surface area contributed by atoms with E-state index in [2.05, 4.69) is 22.9 Å². The number of fused-ring (bicyclic) bond motifs is 1. The number of likely N-dealkylation sites (tertiary alicyclic amines) is 1. The fourth-order valence-electron chi connectivity index (χ4n) is 5.62. The van der Waals surface area contributed by atoms with Gasteiger partial charge in [0.1, 0.15) is 5.75 Å². The van der Waals surface area contributed by atoms with E-state index in [1.165, 1.54) is 5.56 Å². The summed E-state index contributed by atoms with van der Waals surface area (Å²) in [6.45, 7) is 6.80. The molecule has 32 heavy (non-hydrogen) atoms. The number of halogens is 2. The molecule has 0 radical (unpaired) electrons. The summed E-state index contributed by atoms with van der Waals surface area (Å²) in [6, 6.07) is 13.1. The van der Waals surface area contributed by atoms with Gasteiger partial charge in [0.2, 0.25) is 5.91 Å². The average Bonchev–Trinajstić information content (AvgIpc) is 2.76. The van der Waals surface area contributed by atoms with E-state index in [1.54, 1.807) is 18.2 Å². The molecular weight excluding hydrogens is 443 g/mol. The summed E-state index contributed by atoms with van der Waals surface area (Å²) in [7, 11) is 0. The predicted molar refractivity (Wildman–Crippen MR) is 130 cm³/mol. The van der Waals surface area contributed by atoms with Crippen molar-refractivity contribution >= 4 is 29.1 Å². The maximum absolute atomic E-state index is 12.8. The molecule has 0 unspecified atom stereocenters. The Morgan fingerprint density at radius 2 is 2.06 bits per heavy atom. The number of hydrogen-bond donors (Lipinski definition) is 2. The van der Waals surface area contributed by atoms with Gasteiger partial charge in [0.05, 0.1) is 16.5 Å².